The summed E-state index contributed by atoms with van der Waals surface area (Å²) in [5, 5.41) is 11.1. The number of hydrogen-bond donors (Lipinski definition) is 1. The predicted octanol–water partition coefficient (Wildman–Crippen LogP) is 2.93. The molecule has 41 heavy (non-hydrogen) atoms. The van der Waals surface area contributed by atoms with E-state index in [9.17, 15) is 29.1 Å². The fraction of sp³-hybridized carbons (Fsp3) is 0.393. The topological polar surface area (TPSA) is 161 Å². The molecule has 0 radical (unpaired) electrons. The van der Waals surface area contributed by atoms with E-state index < -0.39 is 66.9 Å². The Kier molecular flexibility index (Phi) is 10.7. The average Bonchev–Trinajstić information content (AvgIpc) is 2.87. The van der Waals surface area contributed by atoms with E-state index in [-0.39, 0.29) is 23.5 Å². The Morgan fingerprint density at radius 2 is 1.39 bits per heavy atom. The zero-order valence-electron chi connectivity index (χ0n) is 22.7. The molecule has 2 aromatic rings. The van der Waals surface area contributed by atoms with E-state index in [2.05, 4.69) is 0 Å². The molecule has 1 saturated heterocycles. The van der Waals surface area contributed by atoms with Crippen LogP contribution in [0.4, 0.5) is 0 Å². The number of phenolic OH excluding ortho intramolecular Hbond substituents is 1. The number of ether oxygens (including phenoxy) is 6. The van der Waals surface area contributed by atoms with Crippen molar-refractivity contribution in [3.8, 4) is 11.5 Å². The first kappa shape index (κ1) is 31.4. The van der Waals surface area contributed by atoms with Crippen LogP contribution in [0.3, 0.4) is 0 Å². The van der Waals surface area contributed by atoms with Crippen LogP contribution in [0.5, 0.6) is 11.5 Å². The van der Waals surface area contributed by atoms with Crippen molar-refractivity contribution >= 4 is 41.3 Å². The minimum atomic E-state index is -1.49. The summed E-state index contributed by atoms with van der Waals surface area (Å²) in [6, 6.07) is 10.6. The van der Waals surface area contributed by atoms with Gasteiger partial charge in [0.05, 0.1) is 5.56 Å². The summed E-state index contributed by atoms with van der Waals surface area (Å²) >= 11 is 5.89. The number of halogens is 1. The van der Waals surface area contributed by atoms with Crippen LogP contribution in [0.2, 0.25) is 5.02 Å². The molecule has 3 rings (SSSR count). The van der Waals surface area contributed by atoms with E-state index in [1.807, 2.05) is 0 Å². The average molecular weight is 593 g/mol. The third-order valence-corrected chi connectivity index (χ3v) is 6.00. The Morgan fingerprint density at radius 1 is 0.805 bits per heavy atom. The van der Waals surface area contributed by atoms with Gasteiger partial charge in [0.1, 0.15) is 24.2 Å². The fourth-order valence-corrected chi connectivity index (χ4v) is 4.25. The minimum absolute atomic E-state index is 0.00459. The minimum Gasteiger partial charge on any atom is -0.507 e. The monoisotopic (exact) mass is 592 g/mol. The summed E-state index contributed by atoms with van der Waals surface area (Å²) < 4.78 is 32.8. The molecule has 13 heteroatoms. The van der Waals surface area contributed by atoms with Gasteiger partial charge in [0.15, 0.2) is 18.0 Å². The van der Waals surface area contributed by atoms with Crippen LogP contribution in [0.15, 0.2) is 42.5 Å². The first-order chi connectivity index (χ1) is 19.3. The maximum atomic E-state index is 12.8. The number of hydrogen-bond acceptors (Lipinski definition) is 12. The molecule has 2 aromatic carbocycles. The number of carbonyl (C=O) groups is 5. The van der Waals surface area contributed by atoms with Gasteiger partial charge in [0, 0.05) is 45.2 Å². The third kappa shape index (κ3) is 8.92. The van der Waals surface area contributed by atoms with Crippen LogP contribution in [0, 0.1) is 0 Å². The summed E-state index contributed by atoms with van der Waals surface area (Å²) in [5.41, 5.74) is 0.713. The van der Waals surface area contributed by atoms with Crippen molar-refractivity contribution in [3.63, 3.8) is 0 Å². The molecule has 0 aliphatic carbocycles. The molecule has 1 N–H and O–H groups in total. The molecule has 1 aliphatic rings. The van der Waals surface area contributed by atoms with Crippen LogP contribution in [-0.4, -0.2) is 72.1 Å². The van der Waals surface area contributed by atoms with E-state index in [4.69, 9.17) is 40.0 Å². The van der Waals surface area contributed by atoms with Crippen molar-refractivity contribution in [1.29, 1.82) is 0 Å². The first-order valence-electron chi connectivity index (χ1n) is 12.4. The maximum Gasteiger partial charge on any atom is 0.303 e. The highest BCUT2D eigenvalue weighted by atomic mass is 35.5. The van der Waals surface area contributed by atoms with Gasteiger partial charge in [0.2, 0.25) is 12.4 Å². The molecule has 0 bridgehead atoms. The number of ketones is 1. The van der Waals surface area contributed by atoms with Crippen molar-refractivity contribution in [2.24, 2.45) is 0 Å². The van der Waals surface area contributed by atoms with Gasteiger partial charge in [-0.1, -0.05) is 23.7 Å². The lowest BCUT2D eigenvalue weighted by atomic mass is 9.98. The Morgan fingerprint density at radius 3 is 1.95 bits per heavy atom. The SMILES string of the molecule is CC(=O)OC[C@@H]1O[C@H](Oc2ccc(C(=O)Cc3ccc(Cl)cc3)c(O)c2)[C@H](OC(C)=O)[C@@H](OC(C)=O)[C@@H]1OC(C)=O. The molecular weight excluding hydrogens is 564 g/mol. The van der Waals surface area contributed by atoms with Crippen molar-refractivity contribution in [1.82, 2.24) is 0 Å². The standard InChI is InChI=1S/C28H29ClO12/c1-14(30)36-13-24-25(37-15(2)31)26(38-16(3)32)27(39-17(4)33)28(41-24)40-20-9-10-21(23(35)12-20)22(34)11-18-5-7-19(29)8-6-18/h5-10,12,24-28,35H,11,13H2,1-4H3/t24-,25+,26-,27+,28-/m0/s1. The molecule has 5 atom stereocenters. The van der Waals surface area contributed by atoms with Crippen LogP contribution < -0.4 is 4.74 Å². The zero-order chi connectivity index (χ0) is 30.3. The van der Waals surface area contributed by atoms with Gasteiger partial charge in [-0.2, -0.15) is 0 Å². The summed E-state index contributed by atoms with van der Waals surface area (Å²) in [6.07, 6.45) is -6.93. The fourth-order valence-electron chi connectivity index (χ4n) is 4.12. The molecule has 0 aromatic heterocycles. The molecule has 1 aliphatic heterocycles. The van der Waals surface area contributed by atoms with Crippen LogP contribution in [0.25, 0.3) is 0 Å². The summed E-state index contributed by atoms with van der Waals surface area (Å²) in [7, 11) is 0. The maximum absolute atomic E-state index is 12.8. The molecule has 220 valence electrons. The molecule has 12 nitrogen and oxygen atoms in total. The molecule has 0 unspecified atom stereocenters. The van der Waals surface area contributed by atoms with E-state index in [1.165, 1.54) is 12.1 Å². The van der Waals surface area contributed by atoms with E-state index >= 15 is 0 Å². The van der Waals surface area contributed by atoms with E-state index in [0.29, 0.717) is 10.6 Å². The Hall–Kier alpha value is -4.16. The smallest absolute Gasteiger partial charge is 0.303 e. The predicted molar refractivity (Wildman–Crippen MR) is 140 cm³/mol. The molecule has 0 saturated carbocycles. The van der Waals surface area contributed by atoms with Gasteiger partial charge in [-0.25, -0.2) is 0 Å². The lowest BCUT2D eigenvalue weighted by Gasteiger charge is -2.43. The van der Waals surface area contributed by atoms with E-state index in [1.54, 1.807) is 24.3 Å². The van der Waals surface area contributed by atoms with Crippen molar-refractivity contribution < 1.29 is 57.5 Å². The number of aromatic hydroxyl groups is 1. The molecule has 1 fully saturated rings. The lowest BCUT2D eigenvalue weighted by Crippen LogP contribution is -2.63. The number of esters is 4. The quantitative estimate of drug-likeness (QED) is 0.244. The van der Waals surface area contributed by atoms with Crippen molar-refractivity contribution in [3.05, 3.63) is 58.6 Å². The second kappa shape index (κ2) is 14.0. The first-order valence-corrected chi connectivity index (χ1v) is 12.8. The number of phenols is 1. The van der Waals surface area contributed by atoms with Gasteiger partial charge < -0.3 is 33.5 Å². The van der Waals surface area contributed by atoms with Crippen LogP contribution >= 0.6 is 11.6 Å². The van der Waals surface area contributed by atoms with Gasteiger partial charge in [0.25, 0.3) is 0 Å². The number of carbonyl (C=O) groups excluding carboxylic acids is 5. The zero-order valence-corrected chi connectivity index (χ0v) is 23.4. The second-order valence-electron chi connectivity index (χ2n) is 9.09. The highest BCUT2D eigenvalue weighted by Crippen LogP contribution is 2.33. The largest absolute Gasteiger partial charge is 0.507 e. The summed E-state index contributed by atoms with van der Waals surface area (Å²) in [6.45, 7) is 4.03. The molecular formula is C28H29ClO12. The normalized spacial score (nSPS) is 21.7. The van der Waals surface area contributed by atoms with Crippen LogP contribution in [0.1, 0.15) is 43.6 Å². The molecule has 1 heterocycles. The Bertz CT molecular complexity index is 1290. The highest BCUT2D eigenvalue weighted by Gasteiger charge is 2.53. The van der Waals surface area contributed by atoms with Gasteiger partial charge in [-0.05, 0) is 29.8 Å². The lowest BCUT2D eigenvalue weighted by molar-refractivity contribution is -0.288. The summed E-state index contributed by atoms with van der Waals surface area (Å²) in [5.74, 6) is -3.80. The summed E-state index contributed by atoms with van der Waals surface area (Å²) in [4.78, 5) is 60.1. The highest BCUT2D eigenvalue weighted by molar-refractivity contribution is 6.30. The van der Waals surface area contributed by atoms with Crippen molar-refractivity contribution in [2.45, 2.75) is 64.8 Å². The number of rotatable bonds is 10. The third-order valence-electron chi connectivity index (χ3n) is 5.75. The van der Waals surface area contributed by atoms with Gasteiger partial charge in [-0.3, -0.25) is 24.0 Å². The van der Waals surface area contributed by atoms with E-state index in [0.717, 1.165) is 33.8 Å². The van der Waals surface area contributed by atoms with Gasteiger partial charge >= 0.3 is 23.9 Å². The Balaban J connectivity index is 1.90. The molecule has 0 spiro atoms. The molecule has 0 amide bonds. The van der Waals surface area contributed by atoms with Crippen LogP contribution in [-0.2, 0) is 49.3 Å². The number of Topliss-reactive ketones (excluding diaryl/α,β-unsaturated/α-hetero) is 1. The van der Waals surface area contributed by atoms with Crippen molar-refractivity contribution in [2.75, 3.05) is 6.61 Å². The Labute approximate surface area is 240 Å². The number of benzene rings is 2. The van der Waals surface area contributed by atoms with Gasteiger partial charge in [-0.15, -0.1) is 0 Å². The second-order valence-corrected chi connectivity index (χ2v) is 9.53.